The van der Waals surface area contributed by atoms with E-state index in [1.807, 2.05) is 36.4 Å². The number of nitrogens with two attached hydrogens (primary N) is 1. The normalized spacial score (nSPS) is 13.7. The molecule has 2 atom stereocenters. The lowest BCUT2D eigenvalue weighted by atomic mass is 9.88. The van der Waals surface area contributed by atoms with Crippen LogP contribution in [-0.2, 0) is 6.42 Å². The summed E-state index contributed by atoms with van der Waals surface area (Å²) in [6, 6.07) is 15.1. The van der Waals surface area contributed by atoms with Gasteiger partial charge in [0.15, 0.2) is 0 Å². The predicted octanol–water partition coefficient (Wildman–Crippen LogP) is 3.78. The van der Waals surface area contributed by atoms with Crippen molar-refractivity contribution < 1.29 is 4.92 Å². The first kappa shape index (κ1) is 15.2. The van der Waals surface area contributed by atoms with E-state index in [1.54, 1.807) is 19.1 Å². The third-order valence-electron chi connectivity index (χ3n) is 3.95. The minimum Gasteiger partial charge on any atom is -0.324 e. The Morgan fingerprint density at radius 2 is 1.81 bits per heavy atom. The first-order valence-electron chi connectivity index (χ1n) is 7.04. The lowest BCUT2D eigenvalue weighted by Gasteiger charge is -2.21. The van der Waals surface area contributed by atoms with Crippen molar-refractivity contribution in [3.8, 4) is 0 Å². The molecule has 0 aliphatic carbocycles. The number of nitro benzene ring substituents is 1. The minimum absolute atomic E-state index is 0.0788. The zero-order valence-corrected chi connectivity index (χ0v) is 12.3. The molecule has 2 aromatic rings. The smallest absolute Gasteiger partial charge is 0.272 e. The summed E-state index contributed by atoms with van der Waals surface area (Å²) in [4.78, 5) is 10.7. The zero-order valence-electron chi connectivity index (χ0n) is 12.3. The van der Waals surface area contributed by atoms with E-state index in [9.17, 15) is 10.1 Å². The Balaban J connectivity index is 2.18. The third-order valence-corrected chi connectivity index (χ3v) is 3.95. The minimum atomic E-state index is -0.333. The van der Waals surface area contributed by atoms with Gasteiger partial charge in [0.05, 0.1) is 4.92 Å². The Kier molecular flexibility index (Phi) is 4.70. The molecule has 0 saturated heterocycles. The number of hydrogen-bond acceptors (Lipinski definition) is 3. The van der Waals surface area contributed by atoms with Crippen molar-refractivity contribution in [3.05, 3.63) is 75.3 Å². The van der Waals surface area contributed by atoms with Gasteiger partial charge in [-0.15, -0.1) is 0 Å². The van der Waals surface area contributed by atoms with E-state index < -0.39 is 0 Å². The molecule has 0 fully saturated rings. The van der Waals surface area contributed by atoms with E-state index in [0.717, 1.165) is 23.1 Å². The van der Waals surface area contributed by atoms with Crippen molar-refractivity contribution in [2.75, 3.05) is 0 Å². The second-order valence-corrected chi connectivity index (χ2v) is 5.44. The fourth-order valence-corrected chi connectivity index (χ4v) is 2.57. The molecule has 4 heteroatoms. The zero-order chi connectivity index (χ0) is 15.4. The van der Waals surface area contributed by atoms with Crippen LogP contribution in [-0.4, -0.2) is 4.92 Å². The van der Waals surface area contributed by atoms with Crippen LogP contribution in [0.3, 0.4) is 0 Å². The average Bonchev–Trinajstić information content (AvgIpc) is 2.49. The van der Waals surface area contributed by atoms with Gasteiger partial charge in [-0.05, 0) is 30.4 Å². The molecule has 2 aromatic carbocycles. The van der Waals surface area contributed by atoms with E-state index in [-0.39, 0.29) is 22.6 Å². The monoisotopic (exact) mass is 284 g/mol. The number of benzene rings is 2. The maximum atomic E-state index is 11.0. The average molecular weight is 284 g/mol. The summed E-state index contributed by atoms with van der Waals surface area (Å²) >= 11 is 0. The van der Waals surface area contributed by atoms with Crippen molar-refractivity contribution in [1.82, 2.24) is 0 Å². The van der Waals surface area contributed by atoms with Crippen LogP contribution in [0.1, 0.15) is 29.7 Å². The summed E-state index contributed by atoms with van der Waals surface area (Å²) in [6.45, 7) is 3.88. The van der Waals surface area contributed by atoms with Gasteiger partial charge in [-0.3, -0.25) is 10.1 Å². The van der Waals surface area contributed by atoms with Crippen LogP contribution in [0, 0.1) is 23.0 Å². The molecule has 0 radical (unpaired) electrons. The lowest BCUT2D eigenvalue weighted by Crippen LogP contribution is -2.21. The van der Waals surface area contributed by atoms with Gasteiger partial charge >= 0.3 is 0 Å². The molecule has 0 aliphatic heterocycles. The lowest BCUT2D eigenvalue weighted by molar-refractivity contribution is -0.385. The van der Waals surface area contributed by atoms with E-state index in [1.165, 1.54) is 0 Å². The van der Waals surface area contributed by atoms with Crippen molar-refractivity contribution >= 4 is 5.69 Å². The second-order valence-electron chi connectivity index (χ2n) is 5.44. The molecule has 0 saturated carbocycles. The number of hydrogen-bond donors (Lipinski definition) is 1. The van der Waals surface area contributed by atoms with Crippen molar-refractivity contribution in [1.29, 1.82) is 0 Å². The highest BCUT2D eigenvalue weighted by Crippen LogP contribution is 2.27. The summed E-state index contributed by atoms with van der Waals surface area (Å²) in [5, 5.41) is 11.0. The Hall–Kier alpha value is -2.20. The molecule has 2 rings (SSSR count). The van der Waals surface area contributed by atoms with Crippen LogP contribution in [0.2, 0.25) is 0 Å². The molecule has 0 amide bonds. The van der Waals surface area contributed by atoms with Crippen LogP contribution < -0.4 is 5.73 Å². The number of nitro groups is 1. The van der Waals surface area contributed by atoms with Gasteiger partial charge in [0.1, 0.15) is 0 Å². The largest absolute Gasteiger partial charge is 0.324 e. The maximum absolute atomic E-state index is 11.0. The van der Waals surface area contributed by atoms with Crippen LogP contribution in [0.15, 0.2) is 48.5 Å². The van der Waals surface area contributed by atoms with Crippen LogP contribution in [0.5, 0.6) is 0 Å². The molecular weight excluding hydrogens is 264 g/mol. The Labute approximate surface area is 124 Å². The van der Waals surface area contributed by atoms with Gasteiger partial charge in [-0.1, -0.05) is 49.4 Å². The predicted molar refractivity (Wildman–Crippen MR) is 84.1 cm³/mol. The van der Waals surface area contributed by atoms with Crippen LogP contribution in [0.4, 0.5) is 5.69 Å². The Bertz CT molecular complexity index is 626. The van der Waals surface area contributed by atoms with Gasteiger partial charge in [0.2, 0.25) is 0 Å². The van der Waals surface area contributed by atoms with Crippen LogP contribution in [0.25, 0.3) is 0 Å². The summed E-state index contributed by atoms with van der Waals surface area (Å²) in [7, 11) is 0. The molecule has 2 N–H and O–H groups in total. The SMILES string of the molecule is Cc1c(CC(C)C(N)c2ccccc2)cccc1[N+](=O)[O-]. The second kappa shape index (κ2) is 6.50. The summed E-state index contributed by atoms with van der Waals surface area (Å²) < 4.78 is 0. The van der Waals surface area contributed by atoms with E-state index in [2.05, 4.69) is 6.92 Å². The topological polar surface area (TPSA) is 69.2 Å². The van der Waals surface area contributed by atoms with Crippen molar-refractivity contribution in [3.63, 3.8) is 0 Å². The van der Waals surface area contributed by atoms with E-state index in [4.69, 9.17) is 5.73 Å². The van der Waals surface area contributed by atoms with E-state index in [0.29, 0.717) is 0 Å². The molecule has 2 unspecified atom stereocenters. The van der Waals surface area contributed by atoms with Gasteiger partial charge in [-0.25, -0.2) is 0 Å². The van der Waals surface area contributed by atoms with Gasteiger partial charge in [0.25, 0.3) is 5.69 Å². The van der Waals surface area contributed by atoms with E-state index >= 15 is 0 Å². The molecule has 0 spiro atoms. The van der Waals surface area contributed by atoms with Gasteiger partial charge in [-0.2, -0.15) is 0 Å². The highest BCUT2D eigenvalue weighted by atomic mass is 16.6. The third kappa shape index (κ3) is 3.47. The van der Waals surface area contributed by atoms with Crippen molar-refractivity contribution in [2.24, 2.45) is 11.7 Å². The molecule has 21 heavy (non-hydrogen) atoms. The molecule has 0 aromatic heterocycles. The highest BCUT2D eigenvalue weighted by molar-refractivity contribution is 5.44. The highest BCUT2D eigenvalue weighted by Gasteiger charge is 2.19. The first-order chi connectivity index (χ1) is 10.0. The summed E-state index contributed by atoms with van der Waals surface area (Å²) in [5.41, 5.74) is 9.29. The fourth-order valence-electron chi connectivity index (χ4n) is 2.57. The molecule has 0 bridgehead atoms. The summed E-state index contributed by atoms with van der Waals surface area (Å²) in [5.74, 6) is 0.202. The quantitative estimate of drug-likeness (QED) is 0.671. The van der Waals surface area contributed by atoms with Gasteiger partial charge < -0.3 is 5.73 Å². The molecule has 0 heterocycles. The molecular formula is C17H20N2O2. The molecule has 110 valence electrons. The number of rotatable bonds is 5. The van der Waals surface area contributed by atoms with Crippen molar-refractivity contribution in [2.45, 2.75) is 26.3 Å². The summed E-state index contributed by atoms with van der Waals surface area (Å²) in [6.07, 6.45) is 0.726. The first-order valence-corrected chi connectivity index (χ1v) is 7.04. The Morgan fingerprint density at radius 3 is 2.43 bits per heavy atom. The molecule has 0 aliphatic rings. The molecule has 4 nitrogen and oxygen atoms in total. The number of nitrogens with zero attached hydrogens (tertiary/aromatic N) is 1. The maximum Gasteiger partial charge on any atom is 0.272 e. The fraction of sp³-hybridized carbons (Fsp3) is 0.294. The standard InChI is InChI=1S/C17H20N2O2/c1-12(17(18)14-7-4-3-5-8-14)11-15-9-6-10-16(13(15)2)19(20)21/h3-10,12,17H,11,18H2,1-2H3. The van der Waals surface area contributed by atoms with Gasteiger partial charge in [0, 0.05) is 17.7 Å². The Morgan fingerprint density at radius 1 is 1.14 bits per heavy atom. The van der Waals surface area contributed by atoms with Crippen LogP contribution >= 0.6 is 0 Å².